The second-order valence-electron chi connectivity index (χ2n) is 6.13. The maximum absolute atomic E-state index is 10.00. The molecule has 0 saturated heterocycles. The van der Waals surface area contributed by atoms with Crippen molar-refractivity contribution in [1.82, 2.24) is 4.90 Å². The number of aromatic hydroxyl groups is 1. The van der Waals surface area contributed by atoms with Crippen LogP contribution in [0.25, 0.3) is 0 Å². The maximum Gasteiger partial charge on any atom is 0.173 e. The number of rotatable bonds is 7. The number of nitrogens with zero attached hydrogens (tertiary/aromatic N) is 1. The quantitative estimate of drug-likeness (QED) is 0.829. The Morgan fingerprint density at radius 3 is 2.96 bits per heavy atom. The number of phenols is 1. The van der Waals surface area contributed by atoms with Crippen LogP contribution < -0.4 is 4.74 Å². The third kappa shape index (κ3) is 4.06. The first-order chi connectivity index (χ1) is 11.3. The Morgan fingerprint density at radius 2 is 2.17 bits per heavy atom. The smallest absolute Gasteiger partial charge is 0.173 e. The average Bonchev–Trinajstić information content (AvgIpc) is 3.07. The van der Waals surface area contributed by atoms with Crippen LogP contribution >= 0.6 is 11.3 Å². The molecule has 0 spiro atoms. The third-order valence-corrected chi connectivity index (χ3v) is 5.36. The fraction of sp³-hybridized carbons (Fsp3) is 0.474. The summed E-state index contributed by atoms with van der Waals surface area (Å²) < 4.78 is 5.84. The number of phenolic OH excluding ortho intramolecular Hbond substituents is 1. The topological polar surface area (TPSA) is 32.7 Å². The molecule has 0 radical (unpaired) electrons. The van der Waals surface area contributed by atoms with Crippen molar-refractivity contribution in [2.45, 2.75) is 38.6 Å². The molecule has 23 heavy (non-hydrogen) atoms. The van der Waals surface area contributed by atoms with Gasteiger partial charge in [0.05, 0.1) is 0 Å². The number of hydrogen-bond acceptors (Lipinski definition) is 4. The molecular formula is C19H25NO2S. The fourth-order valence-electron chi connectivity index (χ4n) is 3.45. The Balaban J connectivity index is 1.60. The van der Waals surface area contributed by atoms with Crippen molar-refractivity contribution in [1.29, 1.82) is 0 Å². The van der Waals surface area contributed by atoms with Crippen molar-refractivity contribution in [3.8, 4) is 10.8 Å². The third-order valence-electron chi connectivity index (χ3n) is 4.58. The maximum atomic E-state index is 10.00. The molecule has 0 aliphatic heterocycles. The highest BCUT2D eigenvalue weighted by atomic mass is 32.1. The van der Waals surface area contributed by atoms with E-state index in [0.29, 0.717) is 11.8 Å². The predicted octanol–water partition coefficient (Wildman–Crippen LogP) is 4.10. The van der Waals surface area contributed by atoms with Crippen LogP contribution in [0.5, 0.6) is 10.8 Å². The van der Waals surface area contributed by atoms with E-state index in [0.717, 1.165) is 56.0 Å². The molecule has 1 N–H and O–H groups in total. The Labute approximate surface area is 142 Å². The molecule has 1 heterocycles. The molecule has 1 aliphatic rings. The summed E-state index contributed by atoms with van der Waals surface area (Å²) in [6.07, 6.45) is 4.27. The lowest BCUT2D eigenvalue weighted by Crippen LogP contribution is -2.42. The summed E-state index contributed by atoms with van der Waals surface area (Å²) in [6.45, 7) is 5.04. The Kier molecular flexibility index (Phi) is 5.57. The van der Waals surface area contributed by atoms with Crippen molar-refractivity contribution >= 4 is 11.3 Å². The van der Waals surface area contributed by atoms with Gasteiger partial charge >= 0.3 is 0 Å². The number of hydrogen-bond donors (Lipinski definition) is 1. The summed E-state index contributed by atoms with van der Waals surface area (Å²) in [6, 6.07) is 10.5. The van der Waals surface area contributed by atoms with Gasteiger partial charge < -0.3 is 9.84 Å². The van der Waals surface area contributed by atoms with Crippen LogP contribution in [-0.4, -0.2) is 35.7 Å². The van der Waals surface area contributed by atoms with Crippen molar-refractivity contribution < 1.29 is 9.84 Å². The molecule has 124 valence electrons. The fourth-order valence-corrected chi connectivity index (χ4v) is 4.05. The molecule has 4 heteroatoms. The first-order valence-electron chi connectivity index (χ1n) is 8.48. The van der Waals surface area contributed by atoms with E-state index in [2.05, 4.69) is 17.9 Å². The van der Waals surface area contributed by atoms with Crippen LogP contribution in [0.2, 0.25) is 0 Å². The molecule has 1 aromatic carbocycles. The Hall–Kier alpha value is -1.52. The minimum atomic E-state index is 0.462. The molecule has 3 rings (SSSR count). The highest BCUT2D eigenvalue weighted by Crippen LogP contribution is 2.30. The average molecular weight is 331 g/mol. The van der Waals surface area contributed by atoms with E-state index < -0.39 is 0 Å². The number of fused-ring (bicyclic) bond motifs is 1. The second kappa shape index (κ2) is 7.84. The van der Waals surface area contributed by atoms with Crippen LogP contribution in [0, 0.1) is 0 Å². The number of thiophene rings is 1. The lowest BCUT2D eigenvalue weighted by atomic mass is 9.87. The van der Waals surface area contributed by atoms with Crippen molar-refractivity contribution in [3.63, 3.8) is 0 Å². The van der Waals surface area contributed by atoms with Gasteiger partial charge in [0.2, 0.25) is 0 Å². The largest absolute Gasteiger partial charge is 0.508 e. The van der Waals surface area contributed by atoms with Crippen molar-refractivity contribution in [3.05, 3.63) is 46.8 Å². The summed E-state index contributed by atoms with van der Waals surface area (Å²) in [7, 11) is 0. The SMILES string of the molecule is CCCN(CCOc1cccs1)C1CCc2c(O)cccc2C1. The van der Waals surface area contributed by atoms with Crippen LogP contribution in [0.3, 0.4) is 0 Å². The van der Waals surface area contributed by atoms with Gasteiger partial charge in [0.15, 0.2) is 5.06 Å². The predicted molar refractivity (Wildman–Crippen MR) is 95.6 cm³/mol. The highest BCUT2D eigenvalue weighted by molar-refractivity contribution is 7.11. The number of ether oxygens (including phenoxy) is 1. The first kappa shape index (κ1) is 16.3. The van der Waals surface area contributed by atoms with Gasteiger partial charge in [0, 0.05) is 12.6 Å². The van der Waals surface area contributed by atoms with Gasteiger partial charge in [0.25, 0.3) is 0 Å². The molecular weight excluding hydrogens is 306 g/mol. The standard InChI is InChI=1S/C19H25NO2S/c1-2-10-20(11-12-22-19-7-4-13-23-19)16-8-9-17-15(14-16)5-3-6-18(17)21/h3-7,13,16,21H,2,8-12,14H2,1H3. The molecule has 0 fully saturated rings. The van der Waals surface area contributed by atoms with Gasteiger partial charge in [-0.2, -0.15) is 0 Å². The van der Waals surface area contributed by atoms with E-state index in [1.807, 2.05) is 23.6 Å². The Morgan fingerprint density at radius 1 is 1.26 bits per heavy atom. The monoisotopic (exact) mass is 331 g/mol. The normalized spacial score (nSPS) is 17.2. The summed E-state index contributed by atoms with van der Waals surface area (Å²) in [5.74, 6) is 0.462. The van der Waals surface area contributed by atoms with Crippen molar-refractivity contribution in [2.75, 3.05) is 19.7 Å². The van der Waals surface area contributed by atoms with E-state index in [-0.39, 0.29) is 0 Å². The molecule has 1 unspecified atom stereocenters. The van der Waals surface area contributed by atoms with Crippen LogP contribution in [0.4, 0.5) is 0 Å². The first-order valence-corrected chi connectivity index (χ1v) is 9.36. The minimum Gasteiger partial charge on any atom is -0.508 e. The van der Waals surface area contributed by atoms with Gasteiger partial charge in [-0.3, -0.25) is 4.90 Å². The lowest BCUT2D eigenvalue weighted by Gasteiger charge is -2.35. The number of benzene rings is 1. The van der Waals surface area contributed by atoms with Gasteiger partial charge in [-0.05, 0) is 66.9 Å². The van der Waals surface area contributed by atoms with Crippen molar-refractivity contribution in [2.24, 2.45) is 0 Å². The van der Waals surface area contributed by atoms with E-state index in [1.54, 1.807) is 17.4 Å². The molecule has 0 saturated carbocycles. The molecule has 1 aromatic heterocycles. The zero-order chi connectivity index (χ0) is 16.1. The molecule has 2 aromatic rings. The van der Waals surface area contributed by atoms with Gasteiger partial charge in [-0.15, -0.1) is 11.3 Å². The highest BCUT2D eigenvalue weighted by Gasteiger charge is 2.25. The van der Waals surface area contributed by atoms with E-state index in [9.17, 15) is 5.11 Å². The molecule has 0 amide bonds. The lowest BCUT2D eigenvalue weighted by molar-refractivity contribution is 0.148. The van der Waals surface area contributed by atoms with Gasteiger partial charge in [0.1, 0.15) is 12.4 Å². The molecule has 1 atom stereocenters. The van der Waals surface area contributed by atoms with Crippen LogP contribution in [0.15, 0.2) is 35.7 Å². The molecule has 0 bridgehead atoms. The summed E-state index contributed by atoms with van der Waals surface area (Å²) in [4.78, 5) is 2.56. The summed E-state index contributed by atoms with van der Waals surface area (Å²) in [5.41, 5.74) is 2.46. The Bertz CT molecular complexity index is 612. The minimum absolute atomic E-state index is 0.462. The molecule has 1 aliphatic carbocycles. The second-order valence-corrected chi connectivity index (χ2v) is 7.04. The van der Waals surface area contributed by atoms with Gasteiger partial charge in [-0.25, -0.2) is 0 Å². The van der Waals surface area contributed by atoms with Crippen LogP contribution in [0.1, 0.15) is 30.9 Å². The van der Waals surface area contributed by atoms with E-state index >= 15 is 0 Å². The van der Waals surface area contributed by atoms with Crippen LogP contribution in [-0.2, 0) is 12.8 Å². The molecule has 3 nitrogen and oxygen atoms in total. The van der Waals surface area contributed by atoms with Gasteiger partial charge in [-0.1, -0.05) is 19.1 Å². The zero-order valence-electron chi connectivity index (χ0n) is 13.7. The van der Waals surface area contributed by atoms with E-state index in [1.165, 1.54) is 5.56 Å². The van der Waals surface area contributed by atoms with E-state index in [4.69, 9.17) is 4.74 Å². The summed E-state index contributed by atoms with van der Waals surface area (Å²) in [5, 5.41) is 13.0. The summed E-state index contributed by atoms with van der Waals surface area (Å²) >= 11 is 1.65. The zero-order valence-corrected chi connectivity index (χ0v) is 14.5.